The quantitative estimate of drug-likeness (QED) is 0.797. The van der Waals surface area contributed by atoms with Crippen LogP contribution in [0.3, 0.4) is 0 Å². The van der Waals surface area contributed by atoms with Crippen LogP contribution < -0.4 is 10.6 Å². The van der Waals surface area contributed by atoms with Crippen LogP contribution in [0, 0.1) is 12.8 Å². The van der Waals surface area contributed by atoms with Crippen molar-refractivity contribution in [2.75, 3.05) is 19.6 Å². The van der Waals surface area contributed by atoms with Gasteiger partial charge in [0.15, 0.2) is 0 Å². The molecule has 0 spiro atoms. The second-order valence-corrected chi connectivity index (χ2v) is 6.41. The molecule has 22 heavy (non-hydrogen) atoms. The number of thiazole rings is 1. The molecule has 0 aliphatic carbocycles. The van der Waals surface area contributed by atoms with Crippen LogP contribution in [0.4, 0.5) is 0 Å². The fourth-order valence-corrected chi connectivity index (χ4v) is 3.45. The first-order chi connectivity index (χ1) is 10.6. The molecule has 2 atom stereocenters. The molecule has 1 aliphatic rings. The highest BCUT2D eigenvalue weighted by Crippen LogP contribution is 2.26. The van der Waals surface area contributed by atoms with E-state index in [0.29, 0.717) is 18.8 Å². The lowest BCUT2D eigenvalue weighted by atomic mass is 10.1. The molecular formula is C16H19N3O2S. The van der Waals surface area contributed by atoms with Crippen molar-refractivity contribution in [3.63, 3.8) is 0 Å². The Kier molecular flexibility index (Phi) is 4.52. The number of rotatable bonds is 4. The maximum absolute atomic E-state index is 12.2. The van der Waals surface area contributed by atoms with Crippen molar-refractivity contribution in [3.8, 4) is 10.6 Å². The van der Waals surface area contributed by atoms with Gasteiger partial charge in [-0.3, -0.25) is 4.79 Å². The van der Waals surface area contributed by atoms with E-state index in [2.05, 4.69) is 15.6 Å². The molecule has 1 amide bonds. The van der Waals surface area contributed by atoms with Crippen LogP contribution in [0.2, 0.25) is 0 Å². The SMILES string of the molecule is Cc1ccccc1-c1nc(C(=O)NCC2CNCC2O)cs1. The lowest BCUT2D eigenvalue weighted by Gasteiger charge is -2.13. The van der Waals surface area contributed by atoms with Gasteiger partial charge in [0.05, 0.1) is 6.10 Å². The van der Waals surface area contributed by atoms with E-state index in [4.69, 9.17) is 0 Å². The molecule has 1 fully saturated rings. The highest BCUT2D eigenvalue weighted by atomic mass is 32.1. The van der Waals surface area contributed by atoms with Crippen molar-refractivity contribution in [2.45, 2.75) is 13.0 Å². The third kappa shape index (κ3) is 3.19. The smallest absolute Gasteiger partial charge is 0.270 e. The Morgan fingerprint density at radius 1 is 1.45 bits per heavy atom. The molecule has 2 aromatic rings. The van der Waals surface area contributed by atoms with Gasteiger partial charge in [-0.1, -0.05) is 24.3 Å². The van der Waals surface area contributed by atoms with Crippen LogP contribution in [0.25, 0.3) is 10.6 Å². The summed E-state index contributed by atoms with van der Waals surface area (Å²) in [5, 5.41) is 18.3. The molecule has 2 unspecified atom stereocenters. The zero-order chi connectivity index (χ0) is 15.5. The second-order valence-electron chi connectivity index (χ2n) is 5.55. The van der Waals surface area contributed by atoms with Crippen molar-refractivity contribution in [3.05, 3.63) is 40.9 Å². The Labute approximate surface area is 133 Å². The number of β-amino-alcohol motifs (C(OH)–C–C–N with tert-alkyl or cyclic N) is 1. The lowest BCUT2D eigenvalue weighted by Crippen LogP contribution is -2.34. The highest BCUT2D eigenvalue weighted by Gasteiger charge is 2.25. The standard InChI is InChI=1S/C16H19N3O2S/c1-10-4-2-3-5-12(10)16-19-13(9-22-16)15(21)18-7-11-6-17-8-14(11)20/h2-5,9,11,14,17,20H,6-8H2,1H3,(H,18,21). The summed E-state index contributed by atoms with van der Waals surface area (Å²) in [6.07, 6.45) is -0.390. The number of nitrogens with one attached hydrogen (secondary N) is 2. The number of amides is 1. The topological polar surface area (TPSA) is 74.2 Å². The van der Waals surface area contributed by atoms with Crippen molar-refractivity contribution in [1.29, 1.82) is 0 Å². The Bertz CT molecular complexity index is 671. The van der Waals surface area contributed by atoms with E-state index in [0.717, 1.165) is 22.7 Å². The van der Waals surface area contributed by atoms with Gasteiger partial charge in [-0.05, 0) is 12.5 Å². The summed E-state index contributed by atoms with van der Waals surface area (Å²) in [5.74, 6) is -0.117. The van der Waals surface area contributed by atoms with Crippen LogP contribution >= 0.6 is 11.3 Å². The van der Waals surface area contributed by atoms with Crippen LogP contribution in [0.1, 0.15) is 16.1 Å². The van der Waals surface area contributed by atoms with Gasteiger partial charge in [0, 0.05) is 36.5 Å². The van der Waals surface area contributed by atoms with Gasteiger partial charge in [-0.15, -0.1) is 11.3 Å². The molecule has 0 bridgehead atoms. The average molecular weight is 317 g/mol. The van der Waals surface area contributed by atoms with Gasteiger partial charge < -0.3 is 15.7 Å². The molecule has 1 aliphatic heterocycles. The predicted molar refractivity (Wildman–Crippen MR) is 87.0 cm³/mol. The number of benzene rings is 1. The monoisotopic (exact) mass is 317 g/mol. The minimum Gasteiger partial charge on any atom is -0.391 e. The highest BCUT2D eigenvalue weighted by molar-refractivity contribution is 7.13. The summed E-state index contributed by atoms with van der Waals surface area (Å²) < 4.78 is 0. The molecule has 1 aromatic heterocycles. The molecule has 116 valence electrons. The number of aromatic nitrogens is 1. The third-order valence-corrected chi connectivity index (χ3v) is 4.82. The van der Waals surface area contributed by atoms with Crippen LogP contribution in [-0.4, -0.2) is 41.7 Å². The van der Waals surface area contributed by atoms with Crippen LogP contribution in [0.5, 0.6) is 0 Å². The zero-order valence-electron chi connectivity index (χ0n) is 12.4. The molecule has 3 rings (SSSR count). The predicted octanol–water partition coefficient (Wildman–Crippen LogP) is 1.43. The third-order valence-electron chi connectivity index (χ3n) is 3.94. The van der Waals surface area contributed by atoms with E-state index in [1.165, 1.54) is 11.3 Å². The summed E-state index contributed by atoms with van der Waals surface area (Å²) in [6.45, 7) is 3.82. The van der Waals surface area contributed by atoms with E-state index in [9.17, 15) is 9.90 Å². The summed E-state index contributed by atoms with van der Waals surface area (Å²) in [7, 11) is 0. The van der Waals surface area contributed by atoms with Gasteiger partial charge in [-0.25, -0.2) is 4.98 Å². The van der Waals surface area contributed by atoms with E-state index in [-0.39, 0.29) is 11.8 Å². The normalized spacial score (nSPS) is 21.0. The van der Waals surface area contributed by atoms with Crippen LogP contribution in [-0.2, 0) is 0 Å². The summed E-state index contributed by atoms with van der Waals surface area (Å²) in [6, 6.07) is 8.00. The minimum absolute atomic E-state index is 0.0680. The van der Waals surface area contributed by atoms with Gasteiger partial charge in [-0.2, -0.15) is 0 Å². The number of aliphatic hydroxyl groups is 1. The average Bonchev–Trinajstić information content (AvgIpc) is 3.14. The van der Waals surface area contributed by atoms with Crippen molar-refractivity contribution in [2.24, 2.45) is 5.92 Å². The Morgan fingerprint density at radius 2 is 2.27 bits per heavy atom. The molecule has 0 radical (unpaired) electrons. The van der Waals surface area contributed by atoms with Gasteiger partial charge in [0.25, 0.3) is 5.91 Å². The number of carbonyl (C=O) groups is 1. The molecular weight excluding hydrogens is 298 g/mol. The van der Waals surface area contributed by atoms with Gasteiger partial charge in [0.2, 0.25) is 0 Å². The Morgan fingerprint density at radius 3 is 3.00 bits per heavy atom. The lowest BCUT2D eigenvalue weighted by molar-refractivity contribution is 0.0923. The van der Waals surface area contributed by atoms with Gasteiger partial charge >= 0.3 is 0 Å². The first-order valence-corrected chi connectivity index (χ1v) is 8.21. The number of aryl methyl sites for hydroxylation is 1. The van der Waals surface area contributed by atoms with Crippen molar-refractivity contribution in [1.82, 2.24) is 15.6 Å². The fraction of sp³-hybridized carbons (Fsp3) is 0.375. The van der Waals surface area contributed by atoms with E-state index in [1.54, 1.807) is 5.38 Å². The number of hydrogen-bond acceptors (Lipinski definition) is 5. The van der Waals surface area contributed by atoms with Crippen LogP contribution in [0.15, 0.2) is 29.6 Å². The summed E-state index contributed by atoms with van der Waals surface area (Å²) in [4.78, 5) is 16.6. The molecule has 1 saturated heterocycles. The van der Waals surface area contributed by atoms with Gasteiger partial charge in [0.1, 0.15) is 10.7 Å². The Balaban J connectivity index is 1.66. The molecule has 5 nitrogen and oxygen atoms in total. The van der Waals surface area contributed by atoms with Crippen molar-refractivity contribution >= 4 is 17.2 Å². The minimum atomic E-state index is -0.390. The second kappa shape index (κ2) is 6.56. The molecule has 2 heterocycles. The Hall–Kier alpha value is -1.76. The largest absolute Gasteiger partial charge is 0.391 e. The van der Waals surface area contributed by atoms with E-state index in [1.807, 2.05) is 31.2 Å². The molecule has 3 N–H and O–H groups in total. The van der Waals surface area contributed by atoms with E-state index < -0.39 is 6.10 Å². The fourth-order valence-electron chi connectivity index (χ4n) is 2.56. The maximum atomic E-state index is 12.2. The molecule has 1 aromatic carbocycles. The number of nitrogens with zero attached hydrogens (tertiary/aromatic N) is 1. The first kappa shape index (κ1) is 15.1. The molecule has 0 saturated carbocycles. The molecule has 6 heteroatoms. The maximum Gasteiger partial charge on any atom is 0.270 e. The first-order valence-electron chi connectivity index (χ1n) is 7.33. The van der Waals surface area contributed by atoms with Crippen molar-refractivity contribution < 1.29 is 9.90 Å². The number of carbonyl (C=O) groups excluding carboxylic acids is 1. The number of hydrogen-bond donors (Lipinski definition) is 3. The van der Waals surface area contributed by atoms with E-state index >= 15 is 0 Å². The summed E-state index contributed by atoms with van der Waals surface area (Å²) in [5.41, 5.74) is 2.63. The summed E-state index contributed by atoms with van der Waals surface area (Å²) >= 11 is 1.47. The number of aliphatic hydroxyl groups excluding tert-OH is 1. The zero-order valence-corrected chi connectivity index (χ0v) is 13.2.